The minimum atomic E-state index is -0.539. The van der Waals surface area contributed by atoms with E-state index in [0.29, 0.717) is 16.7 Å². The van der Waals surface area contributed by atoms with Gasteiger partial charge in [0.2, 0.25) is 0 Å². The molecule has 1 aliphatic heterocycles. The highest BCUT2D eigenvalue weighted by atomic mass is 32.1. The van der Waals surface area contributed by atoms with Gasteiger partial charge in [-0.1, -0.05) is 0 Å². The molecule has 0 spiro atoms. The van der Waals surface area contributed by atoms with Crippen molar-refractivity contribution in [3.8, 4) is 0 Å². The first-order valence-electron chi connectivity index (χ1n) is 8.48. The summed E-state index contributed by atoms with van der Waals surface area (Å²) in [6, 6.07) is 4.60. The molecule has 1 aromatic carbocycles. The number of carbonyl (C=O) groups is 2. The molecule has 0 bridgehead atoms. The second kappa shape index (κ2) is 9.49. The van der Waals surface area contributed by atoms with Gasteiger partial charge in [0.25, 0.3) is 0 Å². The van der Waals surface area contributed by atoms with Gasteiger partial charge in [0.05, 0.1) is 25.3 Å². The number of esters is 2. The van der Waals surface area contributed by atoms with Gasteiger partial charge in [0.1, 0.15) is 0 Å². The number of likely N-dealkylation sites (tertiary alicyclic amines) is 1. The number of ether oxygens (including phenoxy) is 2. The second-order valence-electron chi connectivity index (χ2n) is 6.39. The van der Waals surface area contributed by atoms with Gasteiger partial charge < -0.3 is 25.0 Å². The van der Waals surface area contributed by atoms with E-state index in [-0.39, 0.29) is 11.1 Å². The van der Waals surface area contributed by atoms with Crippen molar-refractivity contribution >= 4 is 35.0 Å². The number of hydrogen-bond acceptors (Lipinski definition) is 6. The number of thiocarbonyl (C=S) groups is 1. The molecule has 1 atom stereocenters. The Morgan fingerprint density at radius 3 is 2.35 bits per heavy atom. The molecule has 8 heteroatoms. The van der Waals surface area contributed by atoms with E-state index >= 15 is 0 Å². The lowest BCUT2D eigenvalue weighted by Crippen LogP contribution is -2.40. The van der Waals surface area contributed by atoms with Gasteiger partial charge in [-0.25, -0.2) is 9.59 Å². The molecule has 0 saturated carbocycles. The normalized spacial score (nSPS) is 17.3. The number of benzene rings is 1. The van der Waals surface area contributed by atoms with Crippen LogP contribution < -0.4 is 10.6 Å². The molecular weight excluding hydrogens is 354 g/mol. The van der Waals surface area contributed by atoms with Crippen LogP contribution in [0.3, 0.4) is 0 Å². The highest BCUT2D eigenvalue weighted by Crippen LogP contribution is 2.18. The summed E-state index contributed by atoms with van der Waals surface area (Å²) in [7, 11) is 4.69. The zero-order valence-electron chi connectivity index (χ0n) is 15.3. The van der Waals surface area contributed by atoms with Crippen LogP contribution in [0.5, 0.6) is 0 Å². The first-order chi connectivity index (χ1) is 12.4. The van der Waals surface area contributed by atoms with Gasteiger partial charge in [0.15, 0.2) is 5.11 Å². The number of hydrogen-bond donors (Lipinski definition) is 2. The largest absolute Gasteiger partial charge is 0.465 e. The van der Waals surface area contributed by atoms with Crippen LogP contribution in [0, 0.1) is 5.92 Å². The third-order valence-corrected chi connectivity index (χ3v) is 4.55. The molecule has 142 valence electrons. The highest BCUT2D eigenvalue weighted by molar-refractivity contribution is 7.80. The van der Waals surface area contributed by atoms with E-state index < -0.39 is 11.9 Å². The molecule has 1 aliphatic rings. The Kier molecular flexibility index (Phi) is 7.35. The summed E-state index contributed by atoms with van der Waals surface area (Å²) in [5, 5.41) is 6.67. The lowest BCUT2D eigenvalue weighted by Gasteiger charge is -2.30. The average molecular weight is 379 g/mol. The second-order valence-corrected chi connectivity index (χ2v) is 6.80. The Morgan fingerprint density at radius 2 is 1.81 bits per heavy atom. The lowest BCUT2D eigenvalue weighted by atomic mass is 9.99. The number of piperidine rings is 1. The molecule has 0 aliphatic carbocycles. The van der Waals surface area contributed by atoms with E-state index in [1.165, 1.54) is 33.1 Å². The highest BCUT2D eigenvalue weighted by Gasteiger charge is 2.18. The van der Waals surface area contributed by atoms with Crippen molar-refractivity contribution in [2.45, 2.75) is 12.8 Å². The quantitative estimate of drug-likeness (QED) is 0.593. The Bertz CT molecular complexity index is 646. The van der Waals surface area contributed by atoms with Crippen molar-refractivity contribution in [3.05, 3.63) is 29.3 Å². The predicted octanol–water partition coefficient (Wildman–Crippen LogP) is 1.89. The van der Waals surface area contributed by atoms with Crippen LogP contribution in [0.25, 0.3) is 0 Å². The van der Waals surface area contributed by atoms with E-state index in [4.69, 9.17) is 21.7 Å². The summed E-state index contributed by atoms with van der Waals surface area (Å²) in [4.78, 5) is 26.0. The van der Waals surface area contributed by atoms with Crippen molar-refractivity contribution in [2.24, 2.45) is 5.92 Å². The van der Waals surface area contributed by atoms with E-state index in [2.05, 4.69) is 22.6 Å². The number of rotatable bonds is 5. The van der Waals surface area contributed by atoms with E-state index in [9.17, 15) is 9.59 Å². The van der Waals surface area contributed by atoms with Crippen LogP contribution in [-0.4, -0.2) is 62.9 Å². The van der Waals surface area contributed by atoms with Crippen LogP contribution in [0.15, 0.2) is 18.2 Å². The number of nitrogens with zero attached hydrogens (tertiary/aromatic N) is 1. The Hall–Kier alpha value is -2.19. The maximum atomic E-state index is 11.8. The van der Waals surface area contributed by atoms with Crippen molar-refractivity contribution in [1.82, 2.24) is 10.2 Å². The fraction of sp³-hybridized carbons (Fsp3) is 0.500. The van der Waals surface area contributed by atoms with Crippen LogP contribution in [0.1, 0.15) is 33.6 Å². The van der Waals surface area contributed by atoms with Gasteiger partial charge in [0, 0.05) is 18.8 Å². The van der Waals surface area contributed by atoms with E-state index in [1.807, 2.05) is 0 Å². The summed E-state index contributed by atoms with van der Waals surface area (Å²) < 4.78 is 9.46. The summed E-state index contributed by atoms with van der Waals surface area (Å²) >= 11 is 5.34. The fourth-order valence-corrected chi connectivity index (χ4v) is 3.22. The molecule has 0 aromatic heterocycles. The summed E-state index contributed by atoms with van der Waals surface area (Å²) in [5.41, 5.74) is 1.01. The number of nitrogens with one attached hydrogen (secondary N) is 2. The fourth-order valence-electron chi connectivity index (χ4n) is 3.02. The number of carbonyl (C=O) groups excluding carboxylic acids is 2. The maximum absolute atomic E-state index is 11.8. The van der Waals surface area contributed by atoms with Gasteiger partial charge in [-0.2, -0.15) is 0 Å². The molecule has 1 saturated heterocycles. The van der Waals surface area contributed by atoms with Crippen LogP contribution in [-0.2, 0) is 9.47 Å². The molecule has 0 radical (unpaired) electrons. The molecule has 2 N–H and O–H groups in total. The first kappa shape index (κ1) is 20.1. The zero-order chi connectivity index (χ0) is 19.1. The molecule has 0 amide bonds. The van der Waals surface area contributed by atoms with Gasteiger partial charge in [-0.05, 0) is 62.8 Å². The molecule has 2 rings (SSSR count). The third kappa shape index (κ3) is 5.67. The van der Waals surface area contributed by atoms with E-state index in [0.717, 1.165) is 19.6 Å². The lowest BCUT2D eigenvalue weighted by molar-refractivity contribution is 0.0599. The topological polar surface area (TPSA) is 79.9 Å². The van der Waals surface area contributed by atoms with Crippen LogP contribution >= 0.6 is 12.2 Å². The maximum Gasteiger partial charge on any atom is 0.337 e. The van der Waals surface area contributed by atoms with Crippen molar-refractivity contribution < 1.29 is 19.1 Å². The van der Waals surface area contributed by atoms with Crippen LogP contribution in [0.2, 0.25) is 0 Å². The number of methoxy groups -OCH3 is 2. The Labute approximate surface area is 159 Å². The van der Waals surface area contributed by atoms with Crippen LogP contribution in [0.4, 0.5) is 5.69 Å². The third-order valence-electron chi connectivity index (χ3n) is 4.31. The zero-order valence-corrected chi connectivity index (χ0v) is 16.1. The predicted molar refractivity (Wildman–Crippen MR) is 104 cm³/mol. The molecule has 26 heavy (non-hydrogen) atoms. The van der Waals surface area contributed by atoms with Crippen molar-refractivity contribution in [1.29, 1.82) is 0 Å². The SMILES string of the molecule is COC(=O)c1cc(NC(=S)NC[C@@H]2CCCN(C)C2)cc(C(=O)OC)c1. The molecular formula is C18H25N3O4S. The van der Waals surface area contributed by atoms with E-state index in [1.54, 1.807) is 12.1 Å². The van der Waals surface area contributed by atoms with Gasteiger partial charge in [-0.15, -0.1) is 0 Å². The minimum Gasteiger partial charge on any atom is -0.465 e. The molecule has 1 fully saturated rings. The monoisotopic (exact) mass is 379 g/mol. The Balaban J connectivity index is 2.03. The summed E-state index contributed by atoms with van der Waals surface area (Å²) in [6.07, 6.45) is 2.36. The first-order valence-corrected chi connectivity index (χ1v) is 8.89. The molecule has 1 heterocycles. The van der Waals surface area contributed by atoms with Gasteiger partial charge in [-0.3, -0.25) is 0 Å². The Morgan fingerprint density at radius 1 is 1.19 bits per heavy atom. The standard InChI is InChI=1S/C18H25N3O4S/c1-21-6-4-5-12(11-21)10-19-18(26)20-15-8-13(16(22)24-2)7-14(9-15)17(23)25-3/h7-9,12H,4-6,10-11H2,1-3H3,(H2,19,20,26)/t12-/m0/s1. The average Bonchev–Trinajstić information content (AvgIpc) is 2.64. The molecule has 7 nitrogen and oxygen atoms in total. The number of anilines is 1. The van der Waals surface area contributed by atoms with Gasteiger partial charge >= 0.3 is 11.9 Å². The summed E-state index contributed by atoms with van der Waals surface area (Å²) in [6.45, 7) is 2.95. The smallest absolute Gasteiger partial charge is 0.337 e. The van der Waals surface area contributed by atoms with Crippen molar-refractivity contribution in [2.75, 3.05) is 46.2 Å². The molecule has 1 aromatic rings. The van der Waals surface area contributed by atoms with Crippen molar-refractivity contribution in [3.63, 3.8) is 0 Å². The molecule has 0 unspecified atom stereocenters. The minimum absolute atomic E-state index is 0.245. The summed E-state index contributed by atoms with van der Waals surface area (Å²) in [5.74, 6) is -0.536.